The van der Waals surface area contributed by atoms with Crippen LogP contribution in [-0.4, -0.2) is 10.5 Å². The highest BCUT2D eigenvalue weighted by atomic mass is 19.4. The van der Waals surface area contributed by atoms with E-state index in [0.29, 0.717) is 11.1 Å². The molecular weight excluding hydrogens is 297 g/mol. The van der Waals surface area contributed by atoms with E-state index in [2.05, 4.69) is 0 Å². The van der Waals surface area contributed by atoms with Crippen LogP contribution in [0, 0.1) is 13.8 Å². The number of alkyl halides is 3. The van der Waals surface area contributed by atoms with Crippen LogP contribution in [0.3, 0.4) is 0 Å². The molecule has 2 N–H and O–H groups in total. The van der Waals surface area contributed by atoms with E-state index < -0.39 is 23.2 Å². The number of pyridine rings is 1. The Kier molecular flexibility index (Phi) is 3.83. The van der Waals surface area contributed by atoms with Gasteiger partial charge >= 0.3 is 6.18 Å². The fraction of sp³-hybridized carbons (Fsp3) is 0.200. The zero-order valence-corrected chi connectivity index (χ0v) is 11.9. The van der Waals surface area contributed by atoms with Crippen LogP contribution >= 0.6 is 0 Å². The van der Waals surface area contributed by atoms with Crippen molar-refractivity contribution in [1.82, 2.24) is 4.57 Å². The molecule has 7 heteroatoms. The van der Waals surface area contributed by atoms with Crippen LogP contribution in [0.4, 0.5) is 13.2 Å². The molecule has 1 aromatic heterocycles. The van der Waals surface area contributed by atoms with Gasteiger partial charge in [0.2, 0.25) is 0 Å². The lowest BCUT2D eigenvalue weighted by Crippen LogP contribution is -2.30. The standard InChI is InChI=1S/C15H13F3N2O2/c1-8-7-20(14(22)12(9(8)2)13(19)21)11-5-3-4-10(6-11)15(16,17)18/h3-7H,1-2H3,(H2,19,21). The number of carbonyl (C=O) groups excluding carboxylic acids is 1. The summed E-state index contributed by atoms with van der Waals surface area (Å²) in [4.78, 5) is 23.8. The summed E-state index contributed by atoms with van der Waals surface area (Å²) in [5, 5.41) is 0. The minimum absolute atomic E-state index is 0.0189. The maximum atomic E-state index is 12.8. The number of primary amides is 1. The Morgan fingerprint density at radius 2 is 1.86 bits per heavy atom. The number of rotatable bonds is 2. The molecule has 0 unspecified atom stereocenters. The number of aryl methyl sites for hydroxylation is 1. The van der Waals surface area contributed by atoms with Gasteiger partial charge in [-0.05, 0) is 43.2 Å². The van der Waals surface area contributed by atoms with Gasteiger partial charge in [0.15, 0.2) is 0 Å². The van der Waals surface area contributed by atoms with Crippen LogP contribution < -0.4 is 11.3 Å². The molecule has 0 aliphatic heterocycles. The molecule has 0 saturated carbocycles. The van der Waals surface area contributed by atoms with Gasteiger partial charge in [0.05, 0.1) is 5.56 Å². The molecule has 1 amide bonds. The first-order chi connectivity index (χ1) is 10.1. The van der Waals surface area contributed by atoms with Crippen molar-refractivity contribution < 1.29 is 18.0 Å². The zero-order valence-electron chi connectivity index (χ0n) is 11.9. The number of amides is 1. The maximum Gasteiger partial charge on any atom is 0.416 e. The summed E-state index contributed by atoms with van der Waals surface area (Å²) in [7, 11) is 0. The molecule has 0 saturated heterocycles. The number of hydrogen-bond donors (Lipinski definition) is 1. The van der Waals surface area contributed by atoms with Crippen molar-refractivity contribution in [2.45, 2.75) is 20.0 Å². The van der Waals surface area contributed by atoms with Crippen molar-refractivity contribution >= 4 is 5.91 Å². The highest BCUT2D eigenvalue weighted by molar-refractivity contribution is 5.94. The molecule has 4 nitrogen and oxygen atoms in total. The van der Waals surface area contributed by atoms with Gasteiger partial charge in [0.1, 0.15) is 5.56 Å². The van der Waals surface area contributed by atoms with E-state index in [9.17, 15) is 22.8 Å². The van der Waals surface area contributed by atoms with Crippen molar-refractivity contribution in [3.63, 3.8) is 0 Å². The van der Waals surface area contributed by atoms with Crippen LogP contribution in [-0.2, 0) is 6.18 Å². The molecule has 116 valence electrons. The average Bonchev–Trinajstić information content (AvgIpc) is 2.42. The summed E-state index contributed by atoms with van der Waals surface area (Å²) in [5.74, 6) is -0.910. The van der Waals surface area contributed by atoms with E-state index in [1.54, 1.807) is 13.8 Å². The summed E-state index contributed by atoms with van der Waals surface area (Å²) >= 11 is 0. The van der Waals surface area contributed by atoms with Gasteiger partial charge in [0, 0.05) is 11.9 Å². The molecular formula is C15H13F3N2O2. The summed E-state index contributed by atoms with van der Waals surface area (Å²) in [6.45, 7) is 3.21. The number of nitrogens with zero attached hydrogens (tertiary/aromatic N) is 1. The first kappa shape index (κ1) is 15.8. The molecule has 2 rings (SSSR count). The smallest absolute Gasteiger partial charge is 0.365 e. The molecule has 0 atom stereocenters. The summed E-state index contributed by atoms with van der Waals surface area (Å²) in [6, 6.07) is 4.31. The van der Waals surface area contributed by atoms with E-state index in [0.717, 1.165) is 16.7 Å². The quantitative estimate of drug-likeness (QED) is 0.926. The SMILES string of the molecule is Cc1cn(-c2cccc(C(F)(F)F)c2)c(=O)c(C(N)=O)c1C. The Labute approximate surface area is 124 Å². The van der Waals surface area contributed by atoms with Crippen LogP contribution in [0.2, 0.25) is 0 Å². The molecule has 1 heterocycles. The second-order valence-electron chi connectivity index (χ2n) is 4.90. The monoisotopic (exact) mass is 310 g/mol. The van der Waals surface area contributed by atoms with Gasteiger partial charge in [-0.1, -0.05) is 6.07 Å². The molecule has 0 aliphatic rings. The molecule has 0 aliphatic carbocycles. The number of carbonyl (C=O) groups is 1. The third-order valence-electron chi connectivity index (χ3n) is 3.42. The van der Waals surface area contributed by atoms with Gasteiger partial charge < -0.3 is 5.73 Å². The lowest BCUT2D eigenvalue weighted by atomic mass is 10.1. The lowest BCUT2D eigenvalue weighted by molar-refractivity contribution is -0.137. The molecule has 0 fully saturated rings. The Morgan fingerprint density at radius 1 is 1.23 bits per heavy atom. The van der Waals surface area contributed by atoms with Crippen LogP contribution in [0.1, 0.15) is 27.0 Å². The van der Waals surface area contributed by atoms with Gasteiger partial charge in [-0.25, -0.2) is 0 Å². The molecule has 1 aromatic carbocycles. The Morgan fingerprint density at radius 3 is 2.41 bits per heavy atom. The summed E-state index contributed by atoms with van der Waals surface area (Å²) in [6.07, 6.45) is -3.13. The predicted molar refractivity (Wildman–Crippen MR) is 75.0 cm³/mol. The fourth-order valence-electron chi connectivity index (χ4n) is 2.14. The van der Waals surface area contributed by atoms with E-state index in [1.807, 2.05) is 0 Å². The normalized spacial score (nSPS) is 11.5. The highest BCUT2D eigenvalue weighted by Crippen LogP contribution is 2.30. The van der Waals surface area contributed by atoms with Crippen LogP contribution in [0.25, 0.3) is 5.69 Å². The third kappa shape index (κ3) is 2.74. The largest absolute Gasteiger partial charge is 0.416 e. The first-order valence-corrected chi connectivity index (χ1v) is 6.33. The topological polar surface area (TPSA) is 65.1 Å². The van der Waals surface area contributed by atoms with Crippen LogP contribution in [0.15, 0.2) is 35.3 Å². The second-order valence-corrected chi connectivity index (χ2v) is 4.90. The fourth-order valence-corrected chi connectivity index (χ4v) is 2.14. The van der Waals surface area contributed by atoms with Gasteiger partial charge in [0.25, 0.3) is 11.5 Å². The molecule has 0 radical (unpaired) electrons. The summed E-state index contributed by atoms with van der Waals surface area (Å²) < 4.78 is 39.3. The number of halogens is 3. The van der Waals surface area contributed by atoms with E-state index >= 15 is 0 Å². The van der Waals surface area contributed by atoms with Crippen molar-refractivity contribution in [3.8, 4) is 5.69 Å². The molecule has 2 aromatic rings. The minimum atomic E-state index is -4.52. The van der Waals surface area contributed by atoms with Gasteiger partial charge in [-0.2, -0.15) is 13.2 Å². The van der Waals surface area contributed by atoms with Gasteiger partial charge in [-0.15, -0.1) is 0 Å². The maximum absolute atomic E-state index is 12.8. The van der Waals surface area contributed by atoms with Crippen molar-refractivity contribution in [3.05, 3.63) is 63.1 Å². The minimum Gasteiger partial charge on any atom is -0.365 e. The number of nitrogens with two attached hydrogens (primary N) is 1. The molecule has 0 spiro atoms. The number of benzene rings is 1. The lowest BCUT2D eigenvalue weighted by Gasteiger charge is -2.14. The van der Waals surface area contributed by atoms with Gasteiger partial charge in [-0.3, -0.25) is 14.2 Å². The van der Waals surface area contributed by atoms with E-state index in [-0.39, 0.29) is 11.3 Å². The Bertz CT molecular complexity index is 807. The highest BCUT2D eigenvalue weighted by Gasteiger charge is 2.30. The van der Waals surface area contributed by atoms with Crippen molar-refractivity contribution in [2.75, 3.05) is 0 Å². The Balaban J connectivity index is 2.74. The predicted octanol–water partition coefficient (Wildman–Crippen LogP) is 2.57. The number of hydrogen-bond acceptors (Lipinski definition) is 2. The average molecular weight is 310 g/mol. The van der Waals surface area contributed by atoms with E-state index in [4.69, 9.17) is 5.73 Å². The zero-order chi connectivity index (χ0) is 16.7. The summed E-state index contributed by atoms with van der Waals surface area (Å²) in [5.41, 5.74) is 4.36. The molecule has 22 heavy (non-hydrogen) atoms. The Hall–Kier alpha value is -2.57. The third-order valence-corrected chi connectivity index (χ3v) is 3.42. The molecule has 0 bridgehead atoms. The van der Waals surface area contributed by atoms with E-state index in [1.165, 1.54) is 18.3 Å². The van der Waals surface area contributed by atoms with Crippen LogP contribution in [0.5, 0.6) is 0 Å². The van der Waals surface area contributed by atoms with Crippen molar-refractivity contribution in [1.29, 1.82) is 0 Å². The first-order valence-electron chi connectivity index (χ1n) is 6.33. The van der Waals surface area contributed by atoms with Crippen molar-refractivity contribution in [2.24, 2.45) is 5.73 Å². The second kappa shape index (κ2) is 5.32. The number of aromatic nitrogens is 1.